The maximum atomic E-state index is 10.8. The van der Waals surface area contributed by atoms with Crippen LogP contribution in [0, 0.1) is 21.4 Å². The van der Waals surface area contributed by atoms with E-state index in [1.807, 2.05) is 24.3 Å². The first-order valence-corrected chi connectivity index (χ1v) is 6.48. The highest BCUT2D eigenvalue weighted by molar-refractivity contribution is 5.87. The molecule has 0 amide bonds. The maximum Gasteiger partial charge on any atom is 0.270 e. The highest BCUT2D eigenvalue weighted by Gasteiger charge is 2.08. The van der Waals surface area contributed by atoms with E-state index in [2.05, 4.69) is 11.1 Å². The molecule has 0 unspecified atom stereocenters. The van der Waals surface area contributed by atoms with Crippen LogP contribution in [0.3, 0.4) is 0 Å². The summed E-state index contributed by atoms with van der Waals surface area (Å²) in [5.74, 6) is 0. The molecule has 1 aromatic heterocycles. The van der Waals surface area contributed by atoms with Gasteiger partial charge in [0.05, 0.1) is 16.0 Å². The monoisotopic (exact) mass is 290 g/mol. The molecule has 0 aliphatic carbocycles. The summed E-state index contributed by atoms with van der Waals surface area (Å²) in [5, 5.41) is 20.2. The van der Waals surface area contributed by atoms with Crippen LogP contribution in [-0.2, 0) is 0 Å². The maximum absolute atomic E-state index is 10.8. The summed E-state index contributed by atoms with van der Waals surface area (Å²) >= 11 is 0. The second kappa shape index (κ2) is 5.50. The smallest absolute Gasteiger partial charge is 0.270 e. The highest BCUT2D eigenvalue weighted by Crippen LogP contribution is 2.20. The Kier molecular flexibility index (Phi) is 3.38. The second-order valence-electron chi connectivity index (χ2n) is 4.60. The minimum Gasteiger partial charge on any atom is -0.290 e. The van der Waals surface area contributed by atoms with Crippen LogP contribution < -0.4 is 0 Å². The number of imidazole rings is 1. The summed E-state index contributed by atoms with van der Waals surface area (Å²) in [6, 6.07) is 15.7. The molecule has 0 radical (unpaired) electrons. The lowest BCUT2D eigenvalue weighted by Gasteiger charge is -2.02. The third-order valence-corrected chi connectivity index (χ3v) is 3.21. The van der Waals surface area contributed by atoms with Crippen LogP contribution in [0.5, 0.6) is 0 Å². The molecule has 22 heavy (non-hydrogen) atoms. The fourth-order valence-electron chi connectivity index (χ4n) is 2.19. The van der Waals surface area contributed by atoms with Crippen LogP contribution in [0.1, 0.15) is 5.56 Å². The van der Waals surface area contributed by atoms with E-state index in [1.165, 1.54) is 12.1 Å². The Bertz CT molecular complexity index is 934. The summed E-state index contributed by atoms with van der Waals surface area (Å²) in [6.07, 6.45) is 3.16. The van der Waals surface area contributed by atoms with Gasteiger partial charge in [0.25, 0.3) is 5.69 Å². The third kappa shape index (κ3) is 2.43. The zero-order valence-electron chi connectivity index (χ0n) is 11.4. The van der Waals surface area contributed by atoms with Crippen molar-refractivity contribution >= 4 is 28.5 Å². The molecule has 6 heteroatoms. The molecule has 0 bridgehead atoms. The predicted molar refractivity (Wildman–Crippen MR) is 82.6 cm³/mol. The molecule has 6 nitrogen and oxygen atoms in total. The van der Waals surface area contributed by atoms with Gasteiger partial charge in [0.15, 0.2) is 0 Å². The van der Waals surface area contributed by atoms with E-state index in [9.17, 15) is 15.4 Å². The first kappa shape index (κ1) is 13.5. The van der Waals surface area contributed by atoms with Crippen molar-refractivity contribution in [2.45, 2.75) is 0 Å². The molecule has 0 spiro atoms. The van der Waals surface area contributed by atoms with E-state index in [-0.39, 0.29) is 5.69 Å². The average Bonchev–Trinajstić information content (AvgIpc) is 2.97. The lowest BCUT2D eigenvalue weighted by atomic mass is 10.1. The van der Waals surface area contributed by atoms with Gasteiger partial charge >= 0.3 is 0 Å². The quantitative estimate of drug-likeness (QED) is 0.420. The number of aromatic nitrogens is 2. The molecule has 0 saturated carbocycles. The fraction of sp³-hybridized carbons (Fsp3) is 0. The van der Waals surface area contributed by atoms with Crippen molar-refractivity contribution in [3.8, 4) is 6.07 Å². The fourth-order valence-corrected chi connectivity index (χ4v) is 2.19. The van der Waals surface area contributed by atoms with E-state index in [0.29, 0.717) is 11.3 Å². The molecule has 2 aromatic carbocycles. The lowest BCUT2D eigenvalue weighted by molar-refractivity contribution is -0.384. The minimum absolute atomic E-state index is 0.0125. The van der Waals surface area contributed by atoms with Gasteiger partial charge in [0.1, 0.15) is 18.1 Å². The van der Waals surface area contributed by atoms with E-state index in [0.717, 1.165) is 11.0 Å². The number of rotatable bonds is 3. The first-order chi connectivity index (χ1) is 10.7. The Hall–Kier alpha value is -3.46. The molecule has 0 N–H and O–H groups in total. The number of allylic oxidation sites excluding steroid dienone is 1. The van der Waals surface area contributed by atoms with Gasteiger partial charge in [0, 0.05) is 12.1 Å². The Morgan fingerprint density at radius 1 is 1.27 bits per heavy atom. The number of fused-ring (bicyclic) bond motifs is 1. The summed E-state index contributed by atoms with van der Waals surface area (Å²) in [5.41, 5.74) is 2.50. The summed E-state index contributed by atoms with van der Waals surface area (Å²) < 4.78 is 1.66. The normalized spacial score (nSPS) is 11.3. The van der Waals surface area contributed by atoms with Crippen LogP contribution in [0.15, 0.2) is 54.9 Å². The van der Waals surface area contributed by atoms with Gasteiger partial charge in [0.2, 0.25) is 0 Å². The molecule has 1 heterocycles. The number of hydrogen-bond donors (Lipinski definition) is 0. The van der Waals surface area contributed by atoms with Gasteiger partial charge in [-0.1, -0.05) is 24.3 Å². The van der Waals surface area contributed by atoms with Crippen molar-refractivity contribution in [2.24, 2.45) is 0 Å². The largest absolute Gasteiger partial charge is 0.290 e. The van der Waals surface area contributed by atoms with Gasteiger partial charge < -0.3 is 0 Å². The second-order valence-corrected chi connectivity index (χ2v) is 4.60. The van der Waals surface area contributed by atoms with Gasteiger partial charge in [-0.3, -0.25) is 14.7 Å². The van der Waals surface area contributed by atoms with Crippen molar-refractivity contribution in [3.63, 3.8) is 0 Å². The number of non-ortho nitro benzene ring substituents is 1. The summed E-state index contributed by atoms with van der Waals surface area (Å²) in [7, 11) is 0. The number of nitriles is 1. The average molecular weight is 290 g/mol. The number of benzene rings is 2. The lowest BCUT2D eigenvalue weighted by Crippen LogP contribution is -1.93. The number of nitro benzene ring substituents is 1. The Morgan fingerprint density at radius 3 is 2.86 bits per heavy atom. The molecular formula is C16H10N4O2. The van der Waals surface area contributed by atoms with Crippen molar-refractivity contribution in [1.29, 1.82) is 5.26 Å². The Morgan fingerprint density at radius 2 is 2.09 bits per heavy atom. The molecular weight excluding hydrogens is 280 g/mol. The molecule has 106 valence electrons. The van der Waals surface area contributed by atoms with Crippen molar-refractivity contribution < 1.29 is 4.92 Å². The van der Waals surface area contributed by atoms with Gasteiger partial charge in [-0.05, 0) is 23.8 Å². The summed E-state index contributed by atoms with van der Waals surface area (Å²) in [6.45, 7) is 0. The third-order valence-electron chi connectivity index (χ3n) is 3.21. The van der Waals surface area contributed by atoms with Crippen molar-refractivity contribution in [1.82, 2.24) is 9.55 Å². The topological polar surface area (TPSA) is 84.7 Å². The van der Waals surface area contributed by atoms with E-state index in [1.54, 1.807) is 29.1 Å². The van der Waals surface area contributed by atoms with Crippen LogP contribution >= 0.6 is 0 Å². The minimum atomic E-state index is -0.462. The van der Waals surface area contributed by atoms with Gasteiger partial charge in [-0.25, -0.2) is 4.98 Å². The number of para-hydroxylation sites is 2. The van der Waals surface area contributed by atoms with Crippen LogP contribution in [0.4, 0.5) is 5.69 Å². The predicted octanol–water partition coefficient (Wildman–Crippen LogP) is 3.47. The van der Waals surface area contributed by atoms with Crippen LogP contribution in [-0.4, -0.2) is 14.5 Å². The van der Waals surface area contributed by atoms with Gasteiger partial charge in [-0.2, -0.15) is 5.26 Å². The van der Waals surface area contributed by atoms with Gasteiger partial charge in [-0.15, -0.1) is 0 Å². The number of nitro groups is 1. The van der Waals surface area contributed by atoms with E-state index < -0.39 is 4.92 Å². The van der Waals surface area contributed by atoms with E-state index >= 15 is 0 Å². The Labute approximate surface area is 125 Å². The molecule has 0 fully saturated rings. The van der Waals surface area contributed by atoms with Crippen molar-refractivity contribution in [3.05, 3.63) is 70.5 Å². The zero-order chi connectivity index (χ0) is 15.5. The molecule has 0 saturated heterocycles. The van der Waals surface area contributed by atoms with Crippen LogP contribution in [0.2, 0.25) is 0 Å². The molecule has 0 aliphatic heterocycles. The molecule has 3 aromatic rings. The SMILES string of the molecule is N#C/C(=C\c1cccc([N+](=O)[O-])c1)n1cnc2ccccc21. The van der Waals surface area contributed by atoms with Crippen molar-refractivity contribution in [2.75, 3.05) is 0 Å². The molecule has 0 atom stereocenters. The first-order valence-electron chi connectivity index (χ1n) is 6.48. The summed E-state index contributed by atoms with van der Waals surface area (Å²) in [4.78, 5) is 14.6. The molecule has 3 rings (SSSR count). The van der Waals surface area contributed by atoms with E-state index in [4.69, 9.17) is 0 Å². The zero-order valence-corrected chi connectivity index (χ0v) is 11.4. The Balaban J connectivity index is 2.10. The molecule has 0 aliphatic rings. The van der Waals surface area contributed by atoms with Crippen LogP contribution in [0.25, 0.3) is 22.8 Å². The highest BCUT2D eigenvalue weighted by atomic mass is 16.6. The standard InChI is InChI=1S/C16H10N4O2/c17-10-14(9-12-4-3-5-13(8-12)20(21)22)19-11-18-15-6-1-2-7-16(15)19/h1-9,11H/b14-9+. The number of hydrogen-bond acceptors (Lipinski definition) is 4. The number of nitrogens with zero attached hydrogens (tertiary/aromatic N) is 4.